The number of benzene rings is 1. The lowest BCUT2D eigenvalue weighted by Crippen LogP contribution is -2.22. The SMILES string of the molecule is C=C/C=C(\C=C/C)NS(=O)(=O)c1ccc(C)cc1. The Morgan fingerprint density at radius 1 is 1.28 bits per heavy atom. The van der Waals surface area contributed by atoms with E-state index in [4.69, 9.17) is 0 Å². The minimum Gasteiger partial charge on any atom is -0.280 e. The summed E-state index contributed by atoms with van der Waals surface area (Å²) >= 11 is 0. The van der Waals surface area contributed by atoms with E-state index in [2.05, 4.69) is 11.3 Å². The summed E-state index contributed by atoms with van der Waals surface area (Å²) in [6.07, 6.45) is 6.57. The van der Waals surface area contributed by atoms with Gasteiger partial charge in [0.05, 0.1) is 4.90 Å². The van der Waals surface area contributed by atoms with Crippen LogP contribution in [0.2, 0.25) is 0 Å². The second-order valence-electron chi connectivity index (χ2n) is 3.78. The van der Waals surface area contributed by atoms with Gasteiger partial charge in [-0.3, -0.25) is 4.72 Å². The zero-order valence-corrected chi connectivity index (χ0v) is 11.4. The molecule has 0 amide bonds. The number of hydrogen-bond donors (Lipinski definition) is 1. The van der Waals surface area contributed by atoms with Gasteiger partial charge in [-0.05, 0) is 38.1 Å². The number of rotatable bonds is 5. The molecule has 1 aromatic carbocycles. The van der Waals surface area contributed by atoms with Crippen LogP contribution in [0.4, 0.5) is 0 Å². The molecule has 0 heterocycles. The second-order valence-corrected chi connectivity index (χ2v) is 5.46. The highest BCUT2D eigenvalue weighted by Gasteiger charge is 2.13. The minimum absolute atomic E-state index is 0.243. The lowest BCUT2D eigenvalue weighted by molar-refractivity contribution is 0.589. The maximum absolute atomic E-state index is 12.1. The molecule has 0 unspecified atom stereocenters. The summed E-state index contributed by atoms with van der Waals surface area (Å²) in [6.45, 7) is 7.28. The lowest BCUT2D eigenvalue weighted by atomic mass is 10.2. The third-order valence-corrected chi connectivity index (χ3v) is 3.62. The first-order valence-corrected chi connectivity index (χ1v) is 7.03. The summed E-state index contributed by atoms with van der Waals surface area (Å²) in [5.41, 5.74) is 1.50. The lowest BCUT2D eigenvalue weighted by Gasteiger charge is -2.08. The van der Waals surface area contributed by atoms with Crippen molar-refractivity contribution >= 4 is 10.0 Å². The van der Waals surface area contributed by atoms with Gasteiger partial charge in [-0.2, -0.15) is 0 Å². The van der Waals surface area contributed by atoms with Crippen LogP contribution >= 0.6 is 0 Å². The minimum atomic E-state index is -3.54. The molecule has 0 atom stereocenters. The molecule has 0 saturated heterocycles. The highest BCUT2D eigenvalue weighted by molar-refractivity contribution is 7.89. The normalized spacial score (nSPS) is 12.7. The van der Waals surface area contributed by atoms with Gasteiger partial charge in [-0.25, -0.2) is 8.42 Å². The van der Waals surface area contributed by atoms with Gasteiger partial charge in [-0.1, -0.05) is 36.4 Å². The van der Waals surface area contributed by atoms with Crippen LogP contribution in [-0.2, 0) is 10.0 Å². The van der Waals surface area contributed by atoms with E-state index in [0.717, 1.165) is 5.56 Å². The first-order chi connectivity index (χ1) is 8.49. The van der Waals surface area contributed by atoms with Crippen LogP contribution in [0.5, 0.6) is 0 Å². The molecule has 96 valence electrons. The summed E-state index contributed by atoms with van der Waals surface area (Å²) in [6, 6.07) is 6.69. The number of allylic oxidation sites excluding steroid dienone is 4. The first-order valence-electron chi connectivity index (χ1n) is 5.54. The zero-order valence-electron chi connectivity index (χ0n) is 10.6. The van der Waals surface area contributed by atoms with E-state index in [0.29, 0.717) is 5.70 Å². The largest absolute Gasteiger partial charge is 0.280 e. The van der Waals surface area contributed by atoms with Crippen molar-refractivity contribution in [2.75, 3.05) is 0 Å². The maximum Gasteiger partial charge on any atom is 0.261 e. The van der Waals surface area contributed by atoms with Gasteiger partial charge in [0.25, 0.3) is 10.0 Å². The van der Waals surface area contributed by atoms with Crippen molar-refractivity contribution in [2.45, 2.75) is 18.7 Å². The highest BCUT2D eigenvalue weighted by atomic mass is 32.2. The van der Waals surface area contributed by atoms with Gasteiger partial charge in [0.1, 0.15) is 0 Å². The molecule has 0 aliphatic carbocycles. The molecule has 0 aliphatic heterocycles. The molecule has 0 spiro atoms. The zero-order chi connectivity index (χ0) is 13.6. The molecule has 0 aliphatic rings. The van der Waals surface area contributed by atoms with Crippen LogP contribution in [0.25, 0.3) is 0 Å². The maximum atomic E-state index is 12.1. The van der Waals surface area contributed by atoms with Crippen LogP contribution in [-0.4, -0.2) is 8.42 Å². The first kappa shape index (κ1) is 14.3. The van der Waals surface area contributed by atoms with Crippen LogP contribution < -0.4 is 4.72 Å². The monoisotopic (exact) mass is 263 g/mol. The third kappa shape index (κ3) is 3.89. The summed E-state index contributed by atoms with van der Waals surface area (Å²) < 4.78 is 26.7. The topological polar surface area (TPSA) is 46.2 Å². The van der Waals surface area contributed by atoms with Crippen LogP contribution in [0.1, 0.15) is 12.5 Å². The Morgan fingerprint density at radius 3 is 2.39 bits per heavy atom. The second kappa shape index (κ2) is 6.21. The Hall–Kier alpha value is -1.81. The molecule has 4 heteroatoms. The van der Waals surface area contributed by atoms with Crippen molar-refractivity contribution in [3.8, 4) is 0 Å². The molecule has 18 heavy (non-hydrogen) atoms. The summed E-state index contributed by atoms with van der Waals surface area (Å²) in [5, 5.41) is 0. The van der Waals surface area contributed by atoms with Gasteiger partial charge >= 0.3 is 0 Å². The van der Waals surface area contributed by atoms with Crippen LogP contribution in [0, 0.1) is 6.92 Å². The Kier molecular flexibility index (Phi) is 4.92. The fourth-order valence-corrected chi connectivity index (χ4v) is 2.42. The van der Waals surface area contributed by atoms with Gasteiger partial charge in [0, 0.05) is 5.70 Å². The van der Waals surface area contributed by atoms with E-state index < -0.39 is 10.0 Å². The van der Waals surface area contributed by atoms with Crippen molar-refractivity contribution in [1.29, 1.82) is 0 Å². The predicted octanol–water partition coefficient (Wildman–Crippen LogP) is 2.92. The molecular weight excluding hydrogens is 246 g/mol. The Morgan fingerprint density at radius 2 is 1.89 bits per heavy atom. The number of aryl methyl sites for hydroxylation is 1. The molecular formula is C14H17NO2S. The summed E-state index contributed by atoms with van der Waals surface area (Å²) in [5.74, 6) is 0. The van der Waals surface area contributed by atoms with Crippen LogP contribution in [0.3, 0.4) is 0 Å². The Bertz CT molecular complexity index is 566. The van der Waals surface area contributed by atoms with E-state index >= 15 is 0 Å². The van der Waals surface area contributed by atoms with E-state index in [9.17, 15) is 8.42 Å². The van der Waals surface area contributed by atoms with Gasteiger partial charge in [-0.15, -0.1) is 0 Å². The Balaban J connectivity index is 3.04. The standard InChI is InChI=1S/C14H17NO2S/c1-4-6-13(7-5-2)15-18(16,17)14-10-8-12(3)9-11-14/h4-11,15H,1H2,2-3H3/b7-5-,13-6+. The summed E-state index contributed by atoms with van der Waals surface area (Å²) in [4.78, 5) is 0.243. The highest BCUT2D eigenvalue weighted by Crippen LogP contribution is 2.11. The molecule has 0 saturated carbocycles. The fourth-order valence-electron chi connectivity index (χ4n) is 1.36. The van der Waals surface area contributed by atoms with Gasteiger partial charge in [0.2, 0.25) is 0 Å². The van der Waals surface area contributed by atoms with Crippen LogP contribution in [0.15, 0.2) is 65.7 Å². The van der Waals surface area contributed by atoms with E-state index in [1.165, 1.54) is 6.08 Å². The van der Waals surface area contributed by atoms with Crippen molar-refractivity contribution < 1.29 is 8.42 Å². The quantitative estimate of drug-likeness (QED) is 0.830. The molecule has 1 rings (SSSR count). The van der Waals surface area contributed by atoms with E-state index in [-0.39, 0.29) is 4.90 Å². The van der Waals surface area contributed by atoms with Crippen molar-refractivity contribution in [3.63, 3.8) is 0 Å². The molecule has 1 N–H and O–H groups in total. The number of nitrogens with one attached hydrogen (secondary N) is 1. The molecule has 1 aromatic rings. The van der Waals surface area contributed by atoms with Gasteiger partial charge in [0.15, 0.2) is 0 Å². The molecule has 3 nitrogen and oxygen atoms in total. The average molecular weight is 263 g/mol. The van der Waals surface area contributed by atoms with Crippen molar-refractivity contribution in [1.82, 2.24) is 4.72 Å². The van der Waals surface area contributed by atoms with Gasteiger partial charge < -0.3 is 0 Å². The third-order valence-electron chi connectivity index (χ3n) is 2.23. The van der Waals surface area contributed by atoms with E-state index in [1.54, 1.807) is 42.5 Å². The molecule has 0 radical (unpaired) electrons. The predicted molar refractivity (Wildman–Crippen MR) is 74.6 cm³/mol. The smallest absolute Gasteiger partial charge is 0.261 e. The number of sulfonamides is 1. The fraction of sp³-hybridized carbons (Fsp3) is 0.143. The van der Waals surface area contributed by atoms with Crippen molar-refractivity contribution in [2.24, 2.45) is 0 Å². The molecule has 0 fully saturated rings. The average Bonchev–Trinajstić information content (AvgIpc) is 2.29. The summed E-state index contributed by atoms with van der Waals surface area (Å²) in [7, 11) is -3.54. The van der Waals surface area contributed by atoms with E-state index in [1.807, 2.05) is 13.8 Å². The molecule has 0 bridgehead atoms. The Labute approximate surface area is 109 Å². The van der Waals surface area contributed by atoms with Crippen molar-refractivity contribution in [3.05, 3.63) is 66.4 Å². The number of hydrogen-bond acceptors (Lipinski definition) is 2. The molecule has 0 aromatic heterocycles.